The SMILES string of the molecule is OC1(c2ccc(Cl)c(Cl)c2)CSc2nc3cc(C(F)(F)F)ccc3n21. The molecular formula is C16H9Cl2F3N2OS. The molecule has 9 heteroatoms. The summed E-state index contributed by atoms with van der Waals surface area (Å²) in [5, 5.41) is 12.3. The van der Waals surface area contributed by atoms with Crippen molar-refractivity contribution in [3.05, 3.63) is 57.6 Å². The van der Waals surface area contributed by atoms with E-state index < -0.39 is 17.5 Å². The maximum absolute atomic E-state index is 12.9. The van der Waals surface area contributed by atoms with E-state index in [0.29, 0.717) is 21.3 Å². The van der Waals surface area contributed by atoms with Crippen LogP contribution in [0.4, 0.5) is 13.2 Å². The van der Waals surface area contributed by atoms with Crippen LogP contribution in [0.2, 0.25) is 10.0 Å². The number of aromatic nitrogens is 2. The third kappa shape index (κ3) is 2.61. The maximum Gasteiger partial charge on any atom is 0.416 e. The van der Waals surface area contributed by atoms with E-state index >= 15 is 0 Å². The molecule has 1 aliphatic heterocycles. The lowest BCUT2D eigenvalue weighted by molar-refractivity contribution is -0.137. The molecule has 0 saturated carbocycles. The number of imidazole rings is 1. The van der Waals surface area contributed by atoms with E-state index in [1.54, 1.807) is 18.2 Å². The Morgan fingerprint density at radius 2 is 1.88 bits per heavy atom. The lowest BCUT2D eigenvalue weighted by Crippen LogP contribution is -2.33. The first-order valence-corrected chi connectivity index (χ1v) is 8.85. The van der Waals surface area contributed by atoms with Gasteiger partial charge in [-0.3, -0.25) is 4.57 Å². The van der Waals surface area contributed by atoms with Gasteiger partial charge < -0.3 is 5.11 Å². The van der Waals surface area contributed by atoms with Gasteiger partial charge in [0.15, 0.2) is 10.9 Å². The summed E-state index contributed by atoms with van der Waals surface area (Å²) in [4.78, 5) is 4.24. The molecule has 0 amide bonds. The Bertz CT molecular complexity index is 1000. The van der Waals surface area contributed by atoms with Crippen molar-refractivity contribution in [3.63, 3.8) is 0 Å². The van der Waals surface area contributed by atoms with Gasteiger partial charge in [0, 0.05) is 5.56 Å². The van der Waals surface area contributed by atoms with Crippen molar-refractivity contribution in [1.29, 1.82) is 0 Å². The van der Waals surface area contributed by atoms with Gasteiger partial charge in [-0.25, -0.2) is 4.98 Å². The molecule has 1 atom stereocenters. The molecule has 0 aliphatic carbocycles. The number of alkyl halides is 3. The Balaban J connectivity index is 1.90. The Labute approximate surface area is 154 Å². The highest BCUT2D eigenvalue weighted by Gasteiger charge is 2.42. The van der Waals surface area contributed by atoms with E-state index in [2.05, 4.69) is 4.98 Å². The van der Waals surface area contributed by atoms with Crippen LogP contribution in [-0.2, 0) is 11.9 Å². The largest absolute Gasteiger partial charge is 0.416 e. The van der Waals surface area contributed by atoms with Gasteiger partial charge in [-0.1, -0.05) is 41.0 Å². The molecule has 2 heterocycles. The zero-order valence-corrected chi connectivity index (χ0v) is 14.6. The van der Waals surface area contributed by atoms with E-state index in [4.69, 9.17) is 23.2 Å². The van der Waals surface area contributed by atoms with Gasteiger partial charge in [0.05, 0.1) is 32.4 Å². The van der Waals surface area contributed by atoms with Crippen molar-refractivity contribution in [3.8, 4) is 0 Å². The second-order valence-electron chi connectivity index (χ2n) is 5.67. The van der Waals surface area contributed by atoms with Crippen molar-refractivity contribution in [2.45, 2.75) is 17.1 Å². The van der Waals surface area contributed by atoms with Crippen LogP contribution in [0.3, 0.4) is 0 Å². The van der Waals surface area contributed by atoms with E-state index in [1.807, 2.05) is 0 Å². The molecule has 4 rings (SSSR count). The van der Waals surface area contributed by atoms with Gasteiger partial charge in [0.25, 0.3) is 0 Å². The summed E-state index contributed by atoms with van der Waals surface area (Å²) in [5.74, 6) is 0.268. The normalized spacial score (nSPS) is 20.2. The first kappa shape index (κ1) is 17.0. The molecule has 1 N–H and O–H groups in total. The van der Waals surface area contributed by atoms with Crippen LogP contribution in [-0.4, -0.2) is 20.4 Å². The molecule has 0 saturated heterocycles. The number of hydrogen-bond donors (Lipinski definition) is 1. The molecule has 0 bridgehead atoms. The zero-order valence-electron chi connectivity index (χ0n) is 12.3. The number of nitrogens with zero attached hydrogens (tertiary/aromatic N) is 2. The fraction of sp³-hybridized carbons (Fsp3) is 0.188. The maximum atomic E-state index is 12.9. The molecule has 130 valence electrons. The van der Waals surface area contributed by atoms with Crippen LogP contribution in [0.15, 0.2) is 41.6 Å². The Hall–Kier alpha value is -1.41. The minimum absolute atomic E-state index is 0.176. The van der Waals surface area contributed by atoms with E-state index in [-0.39, 0.29) is 16.3 Å². The lowest BCUT2D eigenvalue weighted by Gasteiger charge is -2.26. The molecule has 3 aromatic rings. The standard InChI is InChI=1S/C16H9Cl2F3N2OS/c17-10-3-1-8(5-11(10)18)15(24)7-25-14-22-12-6-9(16(19,20)21)2-4-13(12)23(14)15/h1-6,24H,7H2. The van der Waals surface area contributed by atoms with Gasteiger partial charge in [-0.05, 0) is 30.3 Å². The van der Waals surface area contributed by atoms with Crippen molar-refractivity contribution in [1.82, 2.24) is 9.55 Å². The third-order valence-corrected chi connectivity index (χ3v) is 5.92. The lowest BCUT2D eigenvalue weighted by atomic mass is 10.0. The third-order valence-electron chi connectivity index (χ3n) is 4.11. The topological polar surface area (TPSA) is 38.1 Å². The molecule has 3 nitrogen and oxygen atoms in total. The van der Waals surface area contributed by atoms with Crippen molar-refractivity contribution >= 4 is 46.0 Å². The van der Waals surface area contributed by atoms with Crippen LogP contribution in [0.25, 0.3) is 11.0 Å². The summed E-state index contributed by atoms with van der Waals surface area (Å²) in [7, 11) is 0. The highest BCUT2D eigenvalue weighted by Crippen LogP contribution is 2.44. The van der Waals surface area contributed by atoms with Crippen molar-refractivity contribution in [2.75, 3.05) is 5.75 Å². The summed E-state index contributed by atoms with van der Waals surface area (Å²) in [6.07, 6.45) is -4.45. The average molecular weight is 405 g/mol. The highest BCUT2D eigenvalue weighted by molar-refractivity contribution is 7.99. The summed E-state index contributed by atoms with van der Waals surface area (Å²) in [5.41, 5.74) is -1.16. The van der Waals surface area contributed by atoms with Gasteiger partial charge in [-0.15, -0.1) is 0 Å². The number of benzene rings is 2. The fourth-order valence-electron chi connectivity index (χ4n) is 2.88. The minimum Gasteiger partial charge on any atom is -0.366 e. The Morgan fingerprint density at radius 3 is 2.56 bits per heavy atom. The van der Waals surface area contributed by atoms with Crippen molar-refractivity contribution < 1.29 is 18.3 Å². The van der Waals surface area contributed by atoms with E-state index in [1.165, 1.54) is 22.4 Å². The van der Waals surface area contributed by atoms with Crippen molar-refractivity contribution in [2.24, 2.45) is 0 Å². The monoisotopic (exact) mass is 404 g/mol. The van der Waals surface area contributed by atoms with Crippen LogP contribution in [0.5, 0.6) is 0 Å². The summed E-state index contributed by atoms with van der Waals surface area (Å²) in [6, 6.07) is 8.05. The Morgan fingerprint density at radius 1 is 1.12 bits per heavy atom. The van der Waals surface area contributed by atoms with Gasteiger partial charge in [0.2, 0.25) is 0 Å². The van der Waals surface area contributed by atoms with E-state index in [9.17, 15) is 18.3 Å². The molecular weight excluding hydrogens is 396 g/mol. The predicted molar refractivity (Wildman–Crippen MR) is 91.2 cm³/mol. The van der Waals surface area contributed by atoms with Gasteiger partial charge >= 0.3 is 6.18 Å². The first-order valence-electron chi connectivity index (χ1n) is 7.11. The number of aliphatic hydroxyl groups is 1. The van der Waals surface area contributed by atoms with Crippen LogP contribution < -0.4 is 0 Å². The first-order chi connectivity index (χ1) is 11.7. The summed E-state index contributed by atoms with van der Waals surface area (Å²) in [6.45, 7) is 0. The fourth-order valence-corrected chi connectivity index (χ4v) is 4.34. The summed E-state index contributed by atoms with van der Waals surface area (Å²) >= 11 is 13.2. The quantitative estimate of drug-likeness (QED) is 0.608. The molecule has 0 spiro atoms. The smallest absolute Gasteiger partial charge is 0.366 e. The molecule has 0 fully saturated rings. The molecule has 1 unspecified atom stereocenters. The molecule has 25 heavy (non-hydrogen) atoms. The van der Waals surface area contributed by atoms with Crippen LogP contribution in [0.1, 0.15) is 11.1 Å². The second-order valence-corrected chi connectivity index (χ2v) is 7.42. The highest BCUT2D eigenvalue weighted by atomic mass is 35.5. The minimum atomic E-state index is -4.45. The molecule has 1 aliphatic rings. The number of halogens is 5. The zero-order chi connectivity index (χ0) is 18.0. The number of thioether (sulfide) groups is 1. The second kappa shape index (κ2) is 5.54. The van der Waals surface area contributed by atoms with Gasteiger partial charge in [0.1, 0.15) is 0 Å². The molecule has 0 radical (unpaired) electrons. The number of rotatable bonds is 1. The average Bonchev–Trinajstić information content (AvgIpc) is 3.07. The van der Waals surface area contributed by atoms with Crippen LogP contribution >= 0.6 is 35.0 Å². The van der Waals surface area contributed by atoms with E-state index in [0.717, 1.165) is 12.1 Å². The number of fused-ring (bicyclic) bond motifs is 3. The number of hydrogen-bond acceptors (Lipinski definition) is 3. The van der Waals surface area contributed by atoms with Crippen LogP contribution in [0, 0.1) is 0 Å². The predicted octanol–water partition coefficient (Wildman–Crippen LogP) is 5.16. The van der Waals surface area contributed by atoms with Gasteiger partial charge in [-0.2, -0.15) is 13.2 Å². The molecule has 1 aromatic heterocycles. The molecule has 2 aromatic carbocycles. The summed E-state index contributed by atoms with van der Waals surface area (Å²) < 4.78 is 40.2. The Kier molecular flexibility index (Phi) is 3.77.